The van der Waals surface area contributed by atoms with E-state index in [0.29, 0.717) is 0 Å². The molecule has 1 aliphatic heterocycles. The predicted octanol–water partition coefficient (Wildman–Crippen LogP) is 0.855. The van der Waals surface area contributed by atoms with Crippen LogP contribution in [0.2, 0.25) is 0 Å². The van der Waals surface area contributed by atoms with E-state index in [-0.39, 0.29) is 0 Å². The molecule has 16 heavy (non-hydrogen) atoms. The zero-order valence-electron chi connectivity index (χ0n) is 9.14. The monoisotopic (exact) mass is 215 g/mol. The van der Waals surface area contributed by atoms with Crippen molar-refractivity contribution in [3.05, 3.63) is 29.8 Å². The van der Waals surface area contributed by atoms with Crippen molar-refractivity contribution >= 4 is 0 Å². The van der Waals surface area contributed by atoms with Crippen molar-refractivity contribution in [2.75, 3.05) is 13.6 Å². The molecule has 0 saturated heterocycles. The summed E-state index contributed by atoms with van der Waals surface area (Å²) in [4.78, 5) is 11.0. The van der Waals surface area contributed by atoms with Crippen molar-refractivity contribution < 1.29 is 0 Å². The topological polar surface area (TPSA) is 57.7 Å². The molecule has 1 aliphatic rings. The largest absolute Gasteiger partial charge is 0.300 e. The van der Waals surface area contributed by atoms with Crippen molar-refractivity contribution in [2.24, 2.45) is 0 Å². The summed E-state index contributed by atoms with van der Waals surface area (Å²) in [6.07, 6.45) is 4.38. The van der Waals surface area contributed by atoms with Gasteiger partial charge in [-0.15, -0.1) is 0 Å². The summed E-state index contributed by atoms with van der Waals surface area (Å²) in [6, 6.07) is 1.95. The first-order valence-electron chi connectivity index (χ1n) is 5.35. The molecule has 5 heteroatoms. The number of H-pyrrole nitrogens is 1. The average molecular weight is 215 g/mol. The van der Waals surface area contributed by atoms with Crippen molar-refractivity contribution in [1.82, 2.24) is 25.1 Å². The lowest BCUT2D eigenvalue weighted by atomic mass is 10.0. The van der Waals surface area contributed by atoms with Crippen LogP contribution in [0.25, 0.3) is 11.4 Å². The maximum Gasteiger partial charge on any atom is 0.116 e. The fraction of sp³-hybridized carbons (Fsp3) is 0.364. The summed E-state index contributed by atoms with van der Waals surface area (Å²) in [6.45, 7) is 1.96. The van der Waals surface area contributed by atoms with E-state index in [0.717, 1.165) is 36.6 Å². The van der Waals surface area contributed by atoms with Gasteiger partial charge in [-0.05, 0) is 19.5 Å². The number of nitrogens with one attached hydrogen (secondary N) is 1. The van der Waals surface area contributed by atoms with E-state index in [9.17, 15) is 0 Å². The number of nitrogens with zero attached hydrogens (tertiary/aromatic N) is 4. The molecule has 0 amide bonds. The molecule has 0 unspecified atom stereocenters. The van der Waals surface area contributed by atoms with Crippen LogP contribution in [-0.2, 0) is 13.0 Å². The van der Waals surface area contributed by atoms with Crippen molar-refractivity contribution in [3.63, 3.8) is 0 Å². The normalized spacial score (nSPS) is 16.1. The van der Waals surface area contributed by atoms with Crippen LogP contribution >= 0.6 is 0 Å². The first kappa shape index (κ1) is 9.47. The quantitative estimate of drug-likeness (QED) is 0.766. The number of hydrogen-bond donors (Lipinski definition) is 1. The molecule has 0 saturated carbocycles. The van der Waals surface area contributed by atoms with Gasteiger partial charge in [-0.25, -0.2) is 9.97 Å². The van der Waals surface area contributed by atoms with Gasteiger partial charge >= 0.3 is 0 Å². The third-order valence-electron chi connectivity index (χ3n) is 2.95. The smallest absolute Gasteiger partial charge is 0.116 e. The molecule has 0 spiro atoms. The zero-order valence-corrected chi connectivity index (χ0v) is 9.14. The molecule has 0 radical (unpaired) electrons. The molecular formula is C11H13N5. The van der Waals surface area contributed by atoms with Crippen LogP contribution in [0.4, 0.5) is 0 Å². The molecular weight excluding hydrogens is 202 g/mol. The Morgan fingerprint density at radius 1 is 1.38 bits per heavy atom. The lowest BCUT2D eigenvalue weighted by Gasteiger charge is -2.24. The Hall–Kier alpha value is -1.75. The second kappa shape index (κ2) is 3.68. The molecule has 0 fully saturated rings. The van der Waals surface area contributed by atoms with E-state index in [1.54, 1.807) is 12.5 Å². The highest BCUT2D eigenvalue weighted by atomic mass is 15.1. The molecule has 3 rings (SSSR count). The standard InChI is InChI=1S/C11H13N5/c1-16-5-3-8-10(6-16)12-7-13-11(8)9-2-4-14-15-9/h2,4,7H,3,5-6H2,1H3,(H,14,15). The van der Waals surface area contributed by atoms with Crippen LogP contribution in [0.3, 0.4) is 0 Å². The maximum atomic E-state index is 4.36. The number of aromatic amines is 1. The average Bonchev–Trinajstić information content (AvgIpc) is 2.81. The summed E-state index contributed by atoms with van der Waals surface area (Å²) >= 11 is 0. The van der Waals surface area contributed by atoms with Gasteiger partial charge in [0.25, 0.3) is 0 Å². The van der Waals surface area contributed by atoms with E-state index < -0.39 is 0 Å². The Morgan fingerprint density at radius 3 is 3.12 bits per heavy atom. The van der Waals surface area contributed by atoms with E-state index >= 15 is 0 Å². The zero-order chi connectivity index (χ0) is 11.0. The Balaban J connectivity index is 2.11. The SMILES string of the molecule is CN1CCc2c(ncnc2-c2ccn[nH]2)C1. The van der Waals surface area contributed by atoms with Crippen LogP contribution in [0.15, 0.2) is 18.6 Å². The minimum atomic E-state index is 0.902. The summed E-state index contributed by atoms with van der Waals surface area (Å²) < 4.78 is 0. The third kappa shape index (κ3) is 1.49. The van der Waals surface area contributed by atoms with Crippen molar-refractivity contribution in [2.45, 2.75) is 13.0 Å². The Labute approximate surface area is 93.5 Å². The summed E-state index contributed by atoms with van der Waals surface area (Å²) in [5.74, 6) is 0. The van der Waals surface area contributed by atoms with Gasteiger partial charge in [0.05, 0.1) is 17.1 Å². The minimum Gasteiger partial charge on any atom is -0.300 e. The first-order chi connectivity index (χ1) is 7.84. The van der Waals surface area contributed by atoms with Crippen molar-refractivity contribution in [3.8, 4) is 11.4 Å². The molecule has 0 atom stereocenters. The fourth-order valence-corrected chi connectivity index (χ4v) is 2.11. The van der Waals surface area contributed by atoms with Gasteiger partial charge in [0.15, 0.2) is 0 Å². The highest BCUT2D eigenvalue weighted by molar-refractivity contribution is 5.59. The highest BCUT2D eigenvalue weighted by Crippen LogP contribution is 2.24. The number of rotatable bonds is 1. The van der Waals surface area contributed by atoms with Gasteiger partial charge in [0.1, 0.15) is 6.33 Å². The predicted molar refractivity (Wildman–Crippen MR) is 59.7 cm³/mol. The summed E-state index contributed by atoms with van der Waals surface area (Å²) in [7, 11) is 2.11. The molecule has 2 aromatic heterocycles. The number of aromatic nitrogens is 4. The molecule has 0 bridgehead atoms. The lowest BCUT2D eigenvalue weighted by molar-refractivity contribution is 0.307. The Bertz CT molecular complexity index is 491. The summed E-state index contributed by atoms with van der Waals surface area (Å²) in [5.41, 5.74) is 4.36. The molecule has 82 valence electrons. The minimum absolute atomic E-state index is 0.902. The van der Waals surface area contributed by atoms with Gasteiger partial charge in [0, 0.05) is 24.8 Å². The fourth-order valence-electron chi connectivity index (χ4n) is 2.11. The maximum absolute atomic E-state index is 4.36. The van der Waals surface area contributed by atoms with Crippen LogP contribution in [0.1, 0.15) is 11.3 Å². The molecule has 0 aromatic carbocycles. The van der Waals surface area contributed by atoms with Crippen LogP contribution in [0.5, 0.6) is 0 Å². The number of fused-ring (bicyclic) bond motifs is 1. The highest BCUT2D eigenvalue weighted by Gasteiger charge is 2.19. The third-order valence-corrected chi connectivity index (χ3v) is 2.95. The van der Waals surface area contributed by atoms with E-state index in [1.807, 2.05) is 6.07 Å². The van der Waals surface area contributed by atoms with E-state index in [2.05, 4.69) is 32.1 Å². The Kier molecular flexibility index (Phi) is 2.18. The lowest BCUT2D eigenvalue weighted by Crippen LogP contribution is -2.28. The van der Waals surface area contributed by atoms with E-state index in [4.69, 9.17) is 0 Å². The molecule has 2 aromatic rings. The first-order valence-corrected chi connectivity index (χ1v) is 5.35. The second-order valence-electron chi connectivity index (χ2n) is 4.11. The van der Waals surface area contributed by atoms with Gasteiger partial charge in [-0.1, -0.05) is 0 Å². The van der Waals surface area contributed by atoms with Gasteiger partial charge < -0.3 is 4.90 Å². The molecule has 0 aliphatic carbocycles. The number of likely N-dealkylation sites (N-methyl/N-ethyl adjacent to an activating group) is 1. The molecule has 3 heterocycles. The number of hydrogen-bond acceptors (Lipinski definition) is 4. The van der Waals surface area contributed by atoms with E-state index in [1.165, 1.54) is 5.56 Å². The summed E-state index contributed by atoms with van der Waals surface area (Å²) in [5, 5.41) is 6.93. The van der Waals surface area contributed by atoms with Gasteiger partial charge in [-0.2, -0.15) is 5.10 Å². The Morgan fingerprint density at radius 2 is 2.31 bits per heavy atom. The van der Waals surface area contributed by atoms with Crippen LogP contribution in [0, 0.1) is 0 Å². The van der Waals surface area contributed by atoms with Crippen molar-refractivity contribution in [1.29, 1.82) is 0 Å². The van der Waals surface area contributed by atoms with Crippen LogP contribution in [-0.4, -0.2) is 38.7 Å². The molecule has 5 nitrogen and oxygen atoms in total. The second-order valence-corrected chi connectivity index (χ2v) is 4.11. The van der Waals surface area contributed by atoms with Gasteiger partial charge in [-0.3, -0.25) is 5.10 Å². The van der Waals surface area contributed by atoms with Crippen LogP contribution < -0.4 is 0 Å². The van der Waals surface area contributed by atoms with Gasteiger partial charge in [0.2, 0.25) is 0 Å². The molecule has 1 N–H and O–H groups in total.